The molecule has 0 aliphatic heterocycles. The molecule has 0 aromatic heterocycles. The third-order valence-corrected chi connectivity index (χ3v) is 4.20. The summed E-state index contributed by atoms with van der Waals surface area (Å²) >= 11 is 0. The Kier molecular flexibility index (Phi) is 2.25. The Labute approximate surface area is 113 Å². The molecule has 0 nitrogen and oxygen atoms in total. The molecule has 0 heterocycles. The summed E-state index contributed by atoms with van der Waals surface area (Å²) in [6.45, 7) is 2.30. The molecule has 3 aromatic carbocycles. The van der Waals surface area contributed by atoms with Crippen LogP contribution >= 0.6 is 0 Å². The van der Waals surface area contributed by atoms with Gasteiger partial charge in [-0.15, -0.1) is 0 Å². The first kappa shape index (κ1) is 10.8. The SMILES string of the molecule is C[C@@H]1C=Cc2c(c3ccccc3c3ccccc23)C1. The van der Waals surface area contributed by atoms with Gasteiger partial charge in [0.25, 0.3) is 0 Å². The van der Waals surface area contributed by atoms with Gasteiger partial charge in [-0.2, -0.15) is 0 Å². The molecule has 0 N–H and O–H groups in total. The molecule has 0 saturated heterocycles. The van der Waals surface area contributed by atoms with E-state index in [1.165, 1.54) is 32.7 Å². The largest absolute Gasteiger partial charge is 0.0807 e. The van der Waals surface area contributed by atoms with Gasteiger partial charge in [0, 0.05) is 0 Å². The van der Waals surface area contributed by atoms with Crippen molar-refractivity contribution < 1.29 is 0 Å². The fourth-order valence-corrected chi connectivity index (χ4v) is 3.30. The minimum absolute atomic E-state index is 0.636. The Hall–Kier alpha value is -2.08. The lowest BCUT2D eigenvalue weighted by atomic mass is 9.83. The van der Waals surface area contributed by atoms with E-state index >= 15 is 0 Å². The zero-order valence-electron chi connectivity index (χ0n) is 11.1. The highest BCUT2D eigenvalue weighted by Crippen LogP contribution is 2.37. The van der Waals surface area contributed by atoms with Gasteiger partial charge in [-0.05, 0) is 45.0 Å². The van der Waals surface area contributed by atoms with Gasteiger partial charge < -0.3 is 0 Å². The van der Waals surface area contributed by atoms with E-state index in [0.29, 0.717) is 5.92 Å². The summed E-state index contributed by atoms with van der Waals surface area (Å²) in [5, 5.41) is 5.57. The van der Waals surface area contributed by atoms with Crippen LogP contribution in [0.25, 0.3) is 27.6 Å². The van der Waals surface area contributed by atoms with Crippen LogP contribution in [-0.2, 0) is 6.42 Å². The number of allylic oxidation sites excluding steroid dienone is 1. The van der Waals surface area contributed by atoms with E-state index in [1.54, 1.807) is 0 Å². The second-order valence-electron chi connectivity index (χ2n) is 5.52. The Morgan fingerprint density at radius 1 is 0.789 bits per heavy atom. The van der Waals surface area contributed by atoms with Gasteiger partial charge in [0.15, 0.2) is 0 Å². The Balaban J connectivity index is 2.27. The van der Waals surface area contributed by atoms with Crippen LogP contribution in [0.15, 0.2) is 54.6 Å². The molecule has 0 saturated carbocycles. The zero-order valence-corrected chi connectivity index (χ0v) is 11.1. The maximum Gasteiger partial charge on any atom is -0.00992 e. The molecule has 0 heteroatoms. The summed E-state index contributed by atoms with van der Waals surface area (Å²) in [7, 11) is 0. The summed E-state index contributed by atoms with van der Waals surface area (Å²) in [6.07, 6.45) is 5.80. The van der Waals surface area contributed by atoms with Crippen molar-refractivity contribution >= 4 is 27.6 Å². The van der Waals surface area contributed by atoms with Crippen LogP contribution in [0.2, 0.25) is 0 Å². The number of rotatable bonds is 0. The van der Waals surface area contributed by atoms with E-state index in [-0.39, 0.29) is 0 Å². The molecule has 0 amide bonds. The highest BCUT2D eigenvalue weighted by atomic mass is 14.2. The van der Waals surface area contributed by atoms with Crippen molar-refractivity contribution in [3.05, 3.63) is 65.7 Å². The lowest BCUT2D eigenvalue weighted by Gasteiger charge is -2.21. The molecule has 0 radical (unpaired) electrons. The van der Waals surface area contributed by atoms with Gasteiger partial charge in [0.05, 0.1) is 0 Å². The molecule has 0 fully saturated rings. The first-order valence-electron chi connectivity index (χ1n) is 6.95. The minimum Gasteiger partial charge on any atom is -0.0807 e. The molecule has 3 aromatic rings. The molecule has 0 spiro atoms. The highest BCUT2D eigenvalue weighted by molar-refractivity contribution is 6.12. The van der Waals surface area contributed by atoms with Crippen molar-refractivity contribution in [2.75, 3.05) is 0 Å². The summed E-state index contributed by atoms with van der Waals surface area (Å²) < 4.78 is 0. The van der Waals surface area contributed by atoms with E-state index in [1.807, 2.05) is 0 Å². The van der Waals surface area contributed by atoms with Crippen LogP contribution < -0.4 is 0 Å². The molecule has 92 valence electrons. The number of hydrogen-bond donors (Lipinski definition) is 0. The second kappa shape index (κ2) is 3.96. The van der Waals surface area contributed by atoms with Crippen molar-refractivity contribution in [2.24, 2.45) is 5.92 Å². The van der Waals surface area contributed by atoms with Crippen molar-refractivity contribution in [3.63, 3.8) is 0 Å². The van der Waals surface area contributed by atoms with E-state index < -0.39 is 0 Å². The molecule has 1 aliphatic rings. The Bertz CT molecular complexity index is 809. The zero-order chi connectivity index (χ0) is 12.8. The lowest BCUT2D eigenvalue weighted by molar-refractivity contribution is 0.722. The fraction of sp³-hybridized carbons (Fsp3) is 0.158. The first-order chi connectivity index (χ1) is 9.34. The predicted octanol–water partition coefficient (Wildman–Crippen LogP) is 5.20. The van der Waals surface area contributed by atoms with Crippen LogP contribution in [0.1, 0.15) is 18.1 Å². The average molecular weight is 244 g/mol. The molecule has 1 atom stereocenters. The van der Waals surface area contributed by atoms with E-state index in [0.717, 1.165) is 6.42 Å². The molecular formula is C19H16. The van der Waals surface area contributed by atoms with Gasteiger partial charge in [-0.3, -0.25) is 0 Å². The standard InChI is InChI=1S/C19H16/c1-13-10-11-18-16-8-3-2-6-14(16)15-7-4-5-9-17(15)19(18)12-13/h2-11,13H,12H2,1H3/t13-/m1/s1. The molecule has 1 aliphatic carbocycles. The molecule has 0 bridgehead atoms. The monoisotopic (exact) mass is 244 g/mol. The smallest absolute Gasteiger partial charge is 0.00992 e. The van der Waals surface area contributed by atoms with Crippen molar-refractivity contribution in [3.8, 4) is 0 Å². The van der Waals surface area contributed by atoms with E-state index in [9.17, 15) is 0 Å². The topological polar surface area (TPSA) is 0 Å². The van der Waals surface area contributed by atoms with Gasteiger partial charge in [0.1, 0.15) is 0 Å². The summed E-state index contributed by atoms with van der Waals surface area (Å²) in [6, 6.07) is 17.6. The van der Waals surface area contributed by atoms with Gasteiger partial charge in [-0.25, -0.2) is 0 Å². The quantitative estimate of drug-likeness (QED) is 0.477. The van der Waals surface area contributed by atoms with E-state index in [4.69, 9.17) is 0 Å². The number of benzene rings is 3. The maximum atomic E-state index is 2.34. The third-order valence-electron chi connectivity index (χ3n) is 4.20. The van der Waals surface area contributed by atoms with Crippen LogP contribution in [0.3, 0.4) is 0 Å². The second-order valence-corrected chi connectivity index (χ2v) is 5.52. The molecular weight excluding hydrogens is 228 g/mol. The average Bonchev–Trinajstić information content (AvgIpc) is 2.47. The molecule has 4 rings (SSSR count). The van der Waals surface area contributed by atoms with Crippen molar-refractivity contribution in [1.82, 2.24) is 0 Å². The molecule has 19 heavy (non-hydrogen) atoms. The third kappa shape index (κ3) is 1.53. The Morgan fingerprint density at radius 2 is 1.37 bits per heavy atom. The Morgan fingerprint density at radius 3 is 2.11 bits per heavy atom. The fourth-order valence-electron chi connectivity index (χ4n) is 3.30. The number of fused-ring (bicyclic) bond motifs is 6. The predicted molar refractivity (Wildman–Crippen MR) is 83.4 cm³/mol. The lowest BCUT2D eigenvalue weighted by Crippen LogP contribution is -2.04. The normalized spacial score (nSPS) is 17.8. The maximum absolute atomic E-state index is 2.34. The minimum atomic E-state index is 0.636. The summed E-state index contributed by atoms with van der Waals surface area (Å²) in [4.78, 5) is 0. The number of hydrogen-bond acceptors (Lipinski definition) is 0. The summed E-state index contributed by atoms with van der Waals surface area (Å²) in [5.74, 6) is 0.636. The molecule has 0 unspecified atom stereocenters. The van der Waals surface area contributed by atoms with Crippen molar-refractivity contribution in [1.29, 1.82) is 0 Å². The van der Waals surface area contributed by atoms with Crippen LogP contribution in [-0.4, -0.2) is 0 Å². The van der Waals surface area contributed by atoms with Crippen molar-refractivity contribution in [2.45, 2.75) is 13.3 Å². The van der Waals surface area contributed by atoms with Crippen LogP contribution in [0.5, 0.6) is 0 Å². The van der Waals surface area contributed by atoms with Gasteiger partial charge in [-0.1, -0.05) is 67.6 Å². The van der Waals surface area contributed by atoms with Gasteiger partial charge in [0.2, 0.25) is 0 Å². The highest BCUT2D eigenvalue weighted by Gasteiger charge is 2.16. The first-order valence-corrected chi connectivity index (χ1v) is 6.95. The summed E-state index contributed by atoms with van der Waals surface area (Å²) in [5.41, 5.74) is 2.94. The van der Waals surface area contributed by atoms with Crippen LogP contribution in [0.4, 0.5) is 0 Å². The van der Waals surface area contributed by atoms with E-state index in [2.05, 4.69) is 67.6 Å². The van der Waals surface area contributed by atoms with Gasteiger partial charge >= 0.3 is 0 Å². The van der Waals surface area contributed by atoms with Crippen LogP contribution in [0, 0.1) is 5.92 Å².